The lowest BCUT2D eigenvalue weighted by Crippen LogP contribution is -2.26. The number of amides is 1. The second-order valence-electron chi connectivity index (χ2n) is 5.00. The summed E-state index contributed by atoms with van der Waals surface area (Å²) in [6, 6.07) is 14.6. The molecule has 1 aliphatic rings. The Morgan fingerprint density at radius 3 is 2.70 bits per heavy atom. The number of carbonyl (C=O) groups excluding carboxylic acids is 1. The van der Waals surface area contributed by atoms with Gasteiger partial charge in [0.05, 0.1) is 10.6 Å². The SMILES string of the molecule is O=C(NC1CC1c1ccccc1)c1cc(O)ccc1Cl. The molecule has 102 valence electrons. The molecule has 0 radical (unpaired) electrons. The first-order valence-corrected chi connectivity index (χ1v) is 6.87. The van der Waals surface area contributed by atoms with Crippen LogP contribution in [-0.2, 0) is 0 Å². The summed E-state index contributed by atoms with van der Waals surface area (Å²) in [4.78, 5) is 12.1. The number of rotatable bonds is 3. The lowest BCUT2D eigenvalue weighted by atomic mass is 10.1. The normalized spacial score (nSPS) is 20.4. The Kier molecular flexibility index (Phi) is 3.36. The lowest BCUT2D eigenvalue weighted by molar-refractivity contribution is 0.0950. The van der Waals surface area contributed by atoms with Crippen LogP contribution in [0.5, 0.6) is 5.75 Å². The Morgan fingerprint density at radius 2 is 1.95 bits per heavy atom. The zero-order chi connectivity index (χ0) is 14.1. The van der Waals surface area contributed by atoms with Crippen molar-refractivity contribution in [2.45, 2.75) is 18.4 Å². The van der Waals surface area contributed by atoms with Crippen LogP contribution >= 0.6 is 11.6 Å². The molecule has 1 saturated carbocycles. The summed E-state index contributed by atoms with van der Waals surface area (Å²) in [5.74, 6) is 0.167. The Labute approximate surface area is 122 Å². The Bertz CT molecular complexity index is 642. The molecule has 2 N–H and O–H groups in total. The number of aromatic hydroxyl groups is 1. The number of carbonyl (C=O) groups is 1. The number of benzene rings is 2. The van der Waals surface area contributed by atoms with E-state index in [1.807, 2.05) is 18.2 Å². The first-order chi connectivity index (χ1) is 9.65. The largest absolute Gasteiger partial charge is 0.508 e. The van der Waals surface area contributed by atoms with Gasteiger partial charge < -0.3 is 10.4 Å². The molecule has 4 heteroatoms. The average Bonchev–Trinajstić information content (AvgIpc) is 3.21. The van der Waals surface area contributed by atoms with Gasteiger partial charge >= 0.3 is 0 Å². The summed E-state index contributed by atoms with van der Waals surface area (Å²) in [6.45, 7) is 0. The van der Waals surface area contributed by atoms with Crippen molar-refractivity contribution in [3.63, 3.8) is 0 Å². The highest BCUT2D eigenvalue weighted by Crippen LogP contribution is 2.40. The van der Waals surface area contributed by atoms with Gasteiger partial charge in [0.25, 0.3) is 5.91 Å². The Morgan fingerprint density at radius 1 is 1.20 bits per heavy atom. The predicted octanol–water partition coefficient (Wildman–Crippen LogP) is 3.33. The van der Waals surface area contributed by atoms with E-state index in [1.165, 1.54) is 23.8 Å². The predicted molar refractivity (Wildman–Crippen MR) is 78.2 cm³/mol. The standard InChI is InChI=1S/C16H14ClNO2/c17-14-7-6-11(19)8-13(14)16(20)18-15-9-12(15)10-4-2-1-3-5-10/h1-8,12,15,19H,9H2,(H,18,20). The molecular weight excluding hydrogens is 274 g/mol. The summed E-state index contributed by atoms with van der Waals surface area (Å²) in [7, 11) is 0. The molecule has 2 aromatic carbocycles. The van der Waals surface area contributed by atoms with Crippen LogP contribution in [0.3, 0.4) is 0 Å². The van der Waals surface area contributed by atoms with Gasteiger partial charge in [-0.2, -0.15) is 0 Å². The fraction of sp³-hybridized carbons (Fsp3) is 0.188. The third-order valence-electron chi connectivity index (χ3n) is 3.53. The zero-order valence-corrected chi connectivity index (χ0v) is 11.5. The van der Waals surface area contributed by atoms with Gasteiger partial charge in [0.1, 0.15) is 5.75 Å². The van der Waals surface area contributed by atoms with E-state index in [0.29, 0.717) is 16.5 Å². The summed E-state index contributed by atoms with van der Waals surface area (Å²) < 4.78 is 0. The van der Waals surface area contributed by atoms with E-state index < -0.39 is 0 Å². The van der Waals surface area contributed by atoms with Crippen LogP contribution in [0.2, 0.25) is 5.02 Å². The van der Waals surface area contributed by atoms with Crippen molar-refractivity contribution in [3.8, 4) is 5.75 Å². The minimum absolute atomic E-state index is 0.0370. The van der Waals surface area contributed by atoms with E-state index in [9.17, 15) is 9.90 Å². The van der Waals surface area contributed by atoms with Crippen LogP contribution in [0.25, 0.3) is 0 Å². The third kappa shape index (κ3) is 2.63. The van der Waals surface area contributed by atoms with Gasteiger partial charge in [-0.3, -0.25) is 4.79 Å². The molecule has 20 heavy (non-hydrogen) atoms. The minimum atomic E-state index is -0.241. The lowest BCUT2D eigenvalue weighted by Gasteiger charge is -2.07. The maximum absolute atomic E-state index is 12.1. The first kappa shape index (κ1) is 13.0. The van der Waals surface area contributed by atoms with E-state index in [0.717, 1.165) is 6.42 Å². The second-order valence-corrected chi connectivity index (χ2v) is 5.40. The molecule has 0 saturated heterocycles. The molecule has 2 aromatic rings. The van der Waals surface area contributed by atoms with Crippen molar-refractivity contribution >= 4 is 17.5 Å². The molecule has 2 atom stereocenters. The monoisotopic (exact) mass is 287 g/mol. The number of hydrogen-bond donors (Lipinski definition) is 2. The summed E-state index contributed by atoms with van der Waals surface area (Å²) in [6.07, 6.45) is 0.937. The minimum Gasteiger partial charge on any atom is -0.508 e. The maximum Gasteiger partial charge on any atom is 0.253 e. The molecule has 1 aliphatic carbocycles. The number of nitrogens with one attached hydrogen (secondary N) is 1. The van der Waals surface area contributed by atoms with Gasteiger partial charge in [0.2, 0.25) is 0 Å². The van der Waals surface area contributed by atoms with Crippen molar-refractivity contribution in [1.82, 2.24) is 5.32 Å². The first-order valence-electron chi connectivity index (χ1n) is 6.49. The molecule has 0 bridgehead atoms. The summed E-state index contributed by atoms with van der Waals surface area (Å²) >= 11 is 5.98. The van der Waals surface area contributed by atoms with Crippen molar-refractivity contribution in [1.29, 1.82) is 0 Å². The van der Waals surface area contributed by atoms with Gasteiger partial charge in [-0.25, -0.2) is 0 Å². The topological polar surface area (TPSA) is 49.3 Å². The van der Waals surface area contributed by atoms with Gasteiger partial charge in [-0.05, 0) is 30.2 Å². The van der Waals surface area contributed by atoms with E-state index in [4.69, 9.17) is 11.6 Å². The highest BCUT2D eigenvalue weighted by Gasteiger charge is 2.39. The molecule has 0 aromatic heterocycles. The van der Waals surface area contributed by atoms with Crippen LogP contribution < -0.4 is 5.32 Å². The van der Waals surface area contributed by atoms with Crippen LogP contribution in [0.15, 0.2) is 48.5 Å². The van der Waals surface area contributed by atoms with E-state index in [2.05, 4.69) is 17.4 Å². The summed E-state index contributed by atoms with van der Waals surface area (Å²) in [5.41, 5.74) is 1.55. The zero-order valence-electron chi connectivity index (χ0n) is 10.7. The van der Waals surface area contributed by atoms with Gasteiger partial charge in [0, 0.05) is 12.0 Å². The van der Waals surface area contributed by atoms with E-state index in [1.54, 1.807) is 0 Å². The van der Waals surface area contributed by atoms with Crippen LogP contribution in [0.1, 0.15) is 28.3 Å². The highest BCUT2D eigenvalue weighted by atomic mass is 35.5. The van der Waals surface area contributed by atoms with Crippen molar-refractivity contribution < 1.29 is 9.90 Å². The number of hydrogen-bond acceptors (Lipinski definition) is 2. The van der Waals surface area contributed by atoms with Crippen LogP contribution in [0, 0.1) is 0 Å². The molecule has 3 nitrogen and oxygen atoms in total. The second kappa shape index (κ2) is 5.17. The van der Waals surface area contributed by atoms with Crippen molar-refractivity contribution in [2.75, 3.05) is 0 Å². The smallest absolute Gasteiger partial charge is 0.253 e. The highest BCUT2D eigenvalue weighted by molar-refractivity contribution is 6.33. The fourth-order valence-corrected chi connectivity index (χ4v) is 2.56. The summed E-state index contributed by atoms with van der Waals surface area (Å²) in [5, 5.41) is 12.7. The van der Waals surface area contributed by atoms with Crippen molar-refractivity contribution in [2.24, 2.45) is 0 Å². The molecule has 2 unspecified atom stereocenters. The van der Waals surface area contributed by atoms with Crippen LogP contribution in [-0.4, -0.2) is 17.1 Å². The molecule has 0 spiro atoms. The fourth-order valence-electron chi connectivity index (χ4n) is 2.36. The van der Waals surface area contributed by atoms with E-state index in [-0.39, 0.29) is 17.7 Å². The van der Waals surface area contributed by atoms with Gasteiger partial charge in [-0.15, -0.1) is 0 Å². The molecule has 3 rings (SSSR count). The number of halogens is 1. The van der Waals surface area contributed by atoms with Gasteiger partial charge in [0.15, 0.2) is 0 Å². The molecule has 0 aliphatic heterocycles. The third-order valence-corrected chi connectivity index (χ3v) is 3.86. The molecule has 1 amide bonds. The molecular formula is C16H14ClNO2. The number of phenols is 1. The Balaban J connectivity index is 1.68. The van der Waals surface area contributed by atoms with Crippen LogP contribution in [0.4, 0.5) is 0 Å². The molecule has 1 fully saturated rings. The maximum atomic E-state index is 12.1. The average molecular weight is 288 g/mol. The van der Waals surface area contributed by atoms with E-state index >= 15 is 0 Å². The molecule has 0 heterocycles. The van der Waals surface area contributed by atoms with Crippen molar-refractivity contribution in [3.05, 3.63) is 64.7 Å². The Hall–Kier alpha value is -2.00. The van der Waals surface area contributed by atoms with Gasteiger partial charge in [-0.1, -0.05) is 41.9 Å². The quantitative estimate of drug-likeness (QED) is 0.910. The number of phenolic OH excluding ortho intramolecular Hbond substituents is 1.